The molecule has 2 aromatic carbocycles. The van der Waals surface area contributed by atoms with E-state index in [9.17, 15) is 22.7 Å². The van der Waals surface area contributed by atoms with Crippen LogP contribution in [-0.4, -0.2) is 5.11 Å². The van der Waals surface area contributed by atoms with Crippen molar-refractivity contribution in [3.05, 3.63) is 69.8 Å². The number of hydrogen-bond donors (Lipinski definition) is 1. The second-order valence-electron chi connectivity index (χ2n) is 3.86. The third-order valence-corrected chi connectivity index (χ3v) is 2.87. The maximum Gasteiger partial charge on any atom is 0.141 e. The van der Waals surface area contributed by atoms with Gasteiger partial charge < -0.3 is 5.11 Å². The van der Waals surface area contributed by atoms with Gasteiger partial charge in [0.1, 0.15) is 29.4 Å². The van der Waals surface area contributed by atoms with Crippen LogP contribution in [-0.2, 0) is 0 Å². The van der Waals surface area contributed by atoms with Gasteiger partial charge in [0.25, 0.3) is 0 Å². The van der Waals surface area contributed by atoms with E-state index in [1.807, 2.05) is 0 Å². The molecule has 0 saturated carbocycles. The molecule has 0 fully saturated rings. The zero-order chi connectivity index (χ0) is 14.2. The summed E-state index contributed by atoms with van der Waals surface area (Å²) in [4.78, 5) is 0. The first-order chi connectivity index (χ1) is 8.90. The molecule has 0 bridgehead atoms. The maximum atomic E-state index is 13.5. The van der Waals surface area contributed by atoms with Crippen LogP contribution in [0.25, 0.3) is 0 Å². The Bertz CT molecular complexity index is 607. The Morgan fingerprint density at radius 2 is 1.47 bits per heavy atom. The predicted octanol–water partition coefficient (Wildman–Crippen LogP) is 3.98. The van der Waals surface area contributed by atoms with Gasteiger partial charge in [0.15, 0.2) is 0 Å². The molecule has 0 spiro atoms. The van der Waals surface area contributed by atoms with Gasteiger partial charge in [0.05, 0.1) is 10.6 Å². The van der Waals surface area contributed by atoms with Gasteiger partial charge in [-0.05, 0) is 17.7 Å². The minimum absolute atomic E-state index is 0.00388. The Morgan fingerprint density at radius 1 is 0.895 bits per heavy atom. The second kappa shape index (κ2) is 5.19. The number of halogens is 5. The molecule has 1 N–H and O–H groups in total. The third-order valence-electron chi connectivity index (χ3n) is 2.58. The molecule has 19 heavy (non-hydrogen) atoms. The molecule has 0 saturated heterocycles. The molecule has 100 valence electrons. The van der Waals surface area contributed by atoms with Crippen LogP contribution >= 0.6 is 11.6 Å². The fourth-order valence-corrected chi connectivity index (χ4v) is 1.85. The van der Waals surface area contributed by atoms with Gasteiger partial charge in [-0.1, -0.05) is 17.7 Å². The van der Waals surface area contributed by atoms with Gasteiger partial charge in [-0.2, -0.15) is 0 Å². The lowest BCUT2D eigenvalue weighted by Crippen LogP contribution is -2.07. The van der Waals surface area contributed by atoms with E-state index in [1.54, 1.807) is 0 Å². The second-order valence-corrected chi connectivity index (χ2v) is 4.27. The fraction of sp³-hybridized carbons (Fsp3) is 0.0769. The van der Waals surface area contributed by atoms with Crippen LogP contribution in [0.5, 0.6) is 0 Å². The summed E-state index contributed by atoms with van der Waals surface area (Å²) in [5.74, 6) is -4.28. The Balaban J connectivity index is 2.49. The Morgan fingerprint density at radius 3 is 2.00 bits per heavy atom. The van der Waals surface area contributed by atoms with Gasteiger partial charge in [-0.3, -0.25) is 0 Å². The van der Waals surface area contributed by atoms with Crippen LogP contribution in [0.4, 0.5) is 17.6 Å². The van der Waals surface area contributed by atoms with Crippen molar-refractivity contribution >= 4 is 11.6 Å². The lowest BCUT2D eigenvalue weighted by Gasteiger charge is -2.14. The molecule has 0 aliphatic rings. The highest BCUT2D eigenvalue weighted by Gasteiger charge is 2.21. The zero-order valence-corrected chi connectivity index (χ0v) is 10.1. The molecule has 0 aliphatic heterocycles. The van der Waals surface area contributed by atoms with Crippen LogP contribution < -0.4 is 0 Å². The average Bonchev–Trinajstić information content (AvgIpc) is 2.31. The van der Waals surface area contributed by atoms with E-state index in [0.29, 0.717) is 12.1 Å². The van der Waals surface area contributed by atoms with Crippen molar-refractivity contribution in [3.8, 4) is 0 Å². The molecule has 1 unspecified atom stereocenters. The quantitative estimate of drug-likeness (QED) is 0.830. The highest BCUT2D eigenvalue weighted by molar-refractivity contribution is 6.30. The van der Waals surface area contributed by atoms with Gasteiger partial charge >= 0.3 is 0 Å². The summed E-state index contributed by atoms with van der Waals surface area (Å²) < 4.78 is 52.7. The normalized spacial score (nSPS) is 12.5. The van der Waals surface area contributed by atoms with Gasteiger partial charge in [0, 0.05) is 12.1 Å². The smallest absolute Gasteiger partial charge is 0.141 e. The van der Waals surface area contributed by atoms with Crippen molar-refractivity contribution in [2.75, 3.05) is 0 Å². The molecule has 0 heterocycles. The van der Waals surface area contributed by atoms with E-state index >= 15 is 0 Å². The summed E-state index contributed by atoms with van der Waals surface area (Å²) in [5.41, 5.74) is -0.722. The highest BCUT2D eigenvalue weighted by atomic mass is 35.5. The molecule has 0 amide bonds. The summed E-state index contributed by atoms with van der Waals surface area (Å²) in [6.45, 7) is 0. The van der Waals surface area contributed by atoms with Gasteiger partial charge in [-0.15, -0.1) is 0 Å². The Hall–Kier alpha value is -1.59. The summed E-state index contributed by atoms with van der Waals surface area (Å²) in [6, 6.07) is 4.04. The topological polar surface area (TPSA) is 20.2 Å². The Labute approximate surface area is 111 Å². The first-order valence-corrected chi connectivity index (χ1v) is 5.55. The molecule has 0 aromatic heterocycles. The van der Waals surface area contributed by atoms with Gasteiger partial charge in [0.2, 0.25) is 0 Å². The van der Waals surface area contributed by atoms with E-state index < -0.39 is 34.9 Å². The number of aliphatic hydroxyl groups is 1. The monoisotopic (exact) mass is 290 g/mol. The predicted molar refractivity (Wildman–Crippen MR) is 61.8 cm³/mol. The van der Waals surface area contributed by atoms with E-state index in [1.165, 1.54) is 0 Å². The van der Waals surface area contributed by atoms with Crippen LogP contribution in [0.2, 0.25) is 5.02 Å². The van der Waals surface area contributed by atoms with E-state index in [-0.39, 0.29) is 10.6 Å². The summed E-state index contributed by atoms with van der Waals surface area (Å²) in [7, 11) is 0. The van der Waals surface area contributed by atoms with Crippen molar-refractivity contribution in [3.63, 3.8) is 0 Å². The summed E-state index contributed by atoms with van der Waals surface area (Å²) in [5, 5.41) is 9.58. The number of hydrogen-bond acceptors (Lipinski definition) is 1. The van der Waals surface area contributed by atoms with E-state index in [4.69, 9.17) is 11.6 Å². The fourth-order valence-electron chi connectivity index (χ4n) is 1.66. The van der Waals surface area contributed by atoms with Crippen molar-refractivity contribution in [2.24, 2.45) is 0 Å². The number of aliphatic hydroxyl groups excluding tert-OH is 1. The van der Waals surface area contributed by atoms with Crippen molar-refractivity contribution in [2.45, 2.75) is 6.10 Å². The lowest BCUT2D eigenvalue weighted by atomic mass is 10.0. The molecule has 1 atom stereocenters. The SMILES string of the molecule is OC(c1ccc(F)c(Cl)c1)c1c(F)cc(F)cc1F. The average molecular weight is 291 g/mol. The van der Waals surface area contributed by atoms with Crippen molar-refractivity contribution in [1.82, 2.24) is 0 Å². The molecular weight excluding hydrogens is 284 g/mol. The highest BCUT2D eigenvalue weighted by Crippen LogP contribution is 2.29. The molecule has 2 rings (SSSR count). The third kappa shape index (κ3) is 2.72. The molecule has 6 heteroatoms. The lowest BCUT2D eigenvalue weighted by molar-refractivity contribution is 0.208. The van der Waals surface area contributed by atoms with Crippen LogP contribution in [0.3, 0.4) is 0 Å². The van der Waals surface area contributed by atoms with Gasteiger partial charge in [-0.25, -0.2) is 17.6 Å². The first-order valence-electron chi connectivity index (χ1n) is 5.17. The van der Waals surface area contributed by atoms with Crippen LogP contribution in [0.1, 0.15) is 17.2 Å². The van der Waals surface area contributed by atoms with E-state index in [0.717, 1.165) is 18.2 Å². The largest absolute Gasteiger partial charge is 0.383 e. The van der Waals surface area contributed by atoms with Crippen LogP contribution in [0.15, 0.2) is 30.3 Å². The minimum Gasteiger partial charge on any atom is -0.383 e. The zero-order valence-electron chi connectivity index (χ0n) is 9.30. The van der Waals surface area contributed by atoms with E-state index in [2.05, 4.69) is 0 Å². The number of rotatable bonds is 2. The molecule has 2 aromatic rings. The standard InChI is InChI=1S/C13H7ClF4O/c14-8-3-6(1-2-9(8)16)13(19)12-10(17)4-7(15)5-11(12)18/h1-5,13,19H. The molecule has 0 radical (unpaired) electrons. The van der Waals surface area contributed by atoms with Crippen LogP contribution in [0, 0.1) is 23.3 Å². The Kier molecular flexibility index (Phi) is 3.78. The maximum absolute atomic E-state index is 13.5. The molecule has 0 aliphatic carbocycles. The molecular formula is C13H7ClF4O. The first kappa shape index (κ1) is 13.8. The van der Waals surface area contributed by atoms with Crippen molar-refractivity contribution < 1.29 is 22.7 Å². The minimum atomic E-state index is -1.71. The summed E-state index contributed by atoms with van der Waals surface area (Å²) in [6.07, 6.45) is -1.71. The number of benzene rings is 2. The summed E-state index contributed by atoms with van der Waals surface area (Å²) >= 11 is 5.52. The van der Waals surface area contributed by atoms with Crippen molar-refractivity contribution in [1.29, 1.82) is 0 Å². The molecule has 1 nitrogen and oxygen atoms in total.